The first-order valence-electron chi connectivity index (χ1n) is 12.0. The van der Waals surface area contributed by atoms with Crippen molar-refractivity contribution in [2.75, 3.05) is 45.6 Å². The highest BCUT2D eigenvalue weighted by molar-refractivity contribution is 9.10. The maximum absolute atomic E-state index is 13.7. The van der Waals surface area contributed by atoms with Gasteiger partial charge < -0.3 is 25.6 Å². The molecule has 1 amide bonds. The predicted octanol–water partition coefficient (Wildman–Crippen LogP) is 2.43. The minimum absolute atomic E-state index is 0.0816. The van der Waals surface area contributed by atoms with E-state index in [4.69, 9.17) is 15.9 Å². The molecule has 2 fully saturated rings. The molecule has 0 aromatic heterocycles. The van der Waals surface area contributed by atoms with E-state index in [9.17, 15) is 15.3 Å². The van der Waals surface area contributed by atoms with Crippen LogP contribution in [0.3, 0.4) is 0 Å². The smallest absolute Gasteiger partial charge is 0.274 e. The Morgan fingerprint density at radius 1 is 1.22 bits per heavy atom. The molecule has 6 rings (SSSR count). The lowest BCUT2D eigenvalue weighted by molar-refractivity contribution is -0.138. The molecule has 2 saturated heterocycles. The number of likely N-dealkylation sites (N-methyl/N-ethyl adjacent to an activating group) is 1. The van der Waals surface area contributed by atoms with Crippen molar-refractivity contribution in [1.82, 2.24) is 9.80 Å². The molecule has 0 saturated carbocycles. The summed E-state index contributed by atoms with van der Waals surface area (Å²) >= 11 is 3.53. The molecule has 4 heterocycles. The number of rotatable bonds is 0. The number of fused-ring (bicyclic) bond motifs is 4. The Kier molecular flexibility index (Phi) is 4.79. The second kappa shape index (κ2) is 7.42. The summed E-state index contributed by atoms with van der Waals surface area (Å²) in [6, 6.07) is 10.2. The second-order valence-electron chi connectivity index (χ2n) is 10.6. The van der Waals surface area contributed by atoms with Crippen molar-refractivity contribution in [2.24, 2.45) is 22.5 Å². The summed E-state index contributed by atoms with van der Waals surface area (Å²) in [5.74, 6) is -1.04. The van der Waals surface area contributed by atoms with Gasteiger partial charge in [0.15, 0.2) is 5.41 Å². The third-order valence-electron chi connectivity index (χ3n) is 8.96. The van der Waals surface area contributed by atoms with Crippen molar-refractivity contribution in [3.05, 3.63) is 50.7 Å². The zero-order valence-electron chi connectivity index (χ0n) is 20.1. The lowest BCUT2D eigenvalue weighted by atomic mass is 9.48. The monoisotopic (exact) mass is 547 g/mol. The fourth-order valence-corrected chi connectivity index (χ4v) is 7.56. The van der Waals surface area contributed by atoms with Crippen molar-refractivity contribution in [3.8, 4) is 12.1 Å². The molecule has 2 atom stereocenters. The standard InChI is InChI=1S/C26H26BrN7O2/c1-33-7-5-24(6-8-33)16-10-34(2)11-17-19(16)20(21(30)25(24,12-28)13-29)22(31)36-26(17)15-9-14(27)3-4-18(15)32-23(26)35/h3-4,9,17,31H,5-8,10-11,30H2,1-2H3,(H,32,35)/t17-,26-/m1/s1. The van der Waals surface area contributed by atoms with E-state index in [-0.39, 0.29) is 17.5 Å². The molecule has 1 aromatic rings. The molecule has 0 unspecified atom stereocenters. The minimum atomic E-state index is -1.62. The fourth-order valence-electron chi connectivity index (χ4n) is 7.20. The topological polar surface area (TPSA) is 142 Å². The number of ether oxygens (including phenoxy) is 1. The molecular formula is C26H26BrN7O2. The molecule has 184 valence electrons. The van der Waals surface area contributed by atoms with Crippen molar-refractivity contribution < 1.29 is 9.53 Å². The largest absolute Gasteiger partial charge is 0.455 e. The van der Waals surface area contributed by atoms with Crippen LogP contribution in [0.25, 0.3) is 0 Å². The molecule has 36 heavy (non-hydrogen) atoms. The van der Waals surface area contributed by atoms with Gasteiger partial charge in [-0.3, -0.25) is 10.2 Å². The van der Waals surface area contributed by atoms with Gasteiger partial charge in [-0.25, -0.2) is 0 Å². The third kappa shape index (κ3) is 2.54. The van der Waals surface area contributed by atoms with Crippen LogP contribution in [0.1, 0.15) is 18.4 Å². The van der Waals surface area contributed by atoms with Gasteiger partial charge in [0.2, 0.25) is 11.5 Å². The first-order chi connectivity index (χ1) is 17.1. The number of amides is 1. The summed E-state index contributed by atoms with van der Waals surface area (Å²) in [7, 11) is 4.02. The molecule has 2 spiro atoms. The molecule has 0 bridgehead atoms. The van der Waals surface area contributed by atoms with Gasteiger partial charge in [0, 0.05) is 34.2 Å². The minimum Gasteiger partial charge on any atom is -0.455 e. The third-order valence-corrected chi connectivity index (χ3v) is 9.45. The first kappa shape index (κ1) is 23.2. The number of nitrogens with two attached hydrogens (primary N) is 1. The van der Waals surface area contributed by atoms with Crippen LogP contribution in [0, 0.1) is 44.8 Å². The van der Waals surface area contributed by atoms with E-state index in [0.29, 0.717) is 55.8 Å². The highest BCUT2D eigenvalue weighted by Gasteiger charge is 2.68. The van der Waals surface area contributed by atoms with Gasteiger partial charge in [-0.05, 0) is 69.4 Å². The van der Waals surface area contributed by atoms with Crippen LogP contribution in [-0.4, -0.2) is 61.9 Å². The van der Waals surface area contributed by atoms with E-state index in [1.54, 1.807) is 0 Å². The van der Waals surface area contributed by atoms with Crippen LogP contribution in [0.2, 0.25) is 0 Å². The Hall–Kier alpha value is -3.18. The number of likely N-dealkylation sites (tertiary alicyclic amines) is 1. The zero-order valence-corrected chi connectivity index (χ0v) is 21.7. The molecule has 1 aliphatic carbocycles. The number of carbonyl (C=O) groups is 1. The second-order valence-corrected chi connectivity index (χ2v) is 11.5. The first-order valence-corrected chi connectivity index (χ1v) is 12.8. The van der Waals surface area contributed by atoms with Crippen molar-refractivity contribution in [2.45, 2.75) is 18.4 Å². The summed E-state index contributed by atoms with van der Waals surface area (Å²) < 4.78 is 7.10. The summed E-state index contributed by atoms with van der Waals surface area (Å²) in [6.45, 7) is 2.47. The lowest BCUT2D eigenvalue weighted by Crippen LogP contribution is -2.62. The van der Waals surface area contributed by atoms with Crippen molar-refractivity contribution in [1.29, 1.82) is 15.9 Å². The Morgan fingerprint density at radius 2 is 1.92 bits per heavy atom. The maximum Gasteiger partial charge on any atom is 0.274 e. The van der Waals surface area contributed by atoms with Crippen LogP contribution in [0.5, 0.6) is 0 Å². The Balaban J connectivity index is 1.69. The number of nitriles is 2. The van der Waals surface area contributed by atoms with E-state index in [2.05, 4.69) is 43.2 Å². The average Bonchev–Trinajstić information content (AvgIpc) is 3.12. The summed E-state index contributed by atoms with van der Waals surface area (Å²) in [4.78, 5) is 18.1. The number of hydrogen-bond acceptors (Lipinski definition) is 8. The molecular weight excluding hydrogens is 522 g/mol. The quantitative estimate of drug-likeness (QED) is 0.452. The van der Waals surface area contributed by atoms with E-state index < -0.39 is 22.3 Å². The van der Waals surface area contributed by atoms with Gasteiger partial charge in [0.25, 0.3) is 5.91 Å². The van der Waals surface area contributed by atoms with E-state index in [1.807, 2.05) is 32.3 Å². The van der Waals surface area contributed by atoms with Crippen LogP contribution in [-0.2, 0) is 15.1 Å². The number of allylic oxidation sites excluding steroid dienone is 1. The molecule has 1 aromatic carbocycles. The number of halogens is 1. The number of benzene rings is 1. The van der Waals surface area contributed by atoms with Crippen molar-refractivity contribution >= 4 is 33.4 Å². The molecule has 0 radical (unpaired) electrons. The van der Waals surface area contributed by atoms with E-state index in [0.717, 1.165) is 15.6 Å². The normalized spacial score (nSPS) is 30.4. The summed E-state index contributed by atoms with van der Waals surface area (Å²) in [5, 5.41) is 33.0. The molecule has 5 aliphatic rings. The van der Waals surface area contributed by atoms with E-state index >= 15 is 0 Å². The zero-order chi connectivity index (χ0) is 25.6. The Labute approximate surface area is 217 Å². The van der Waals surface area contributed by atoms with Gasteiger partial charge in [-0.15, -0.1) is 0 Å². The van der Waals surface area contributed by atoms with Crippen LogP contribution in [0.4, 0.5) is 5.69 Å². The van der Waals surface area contributed by atoms with Crippen molar-refractivity contribution in [3.63, 3.8) is 0 Å². The summed E-state index contributed by atoms with van der Waals surface area (Å²) in [6.07, 6.45) is 1.18. The van der Waals surface area contributed by atoms with Crippen LogP contribution in [0.15, 0.2) is 45.1 Å². The number of piperidine rings is 1. The number of carbonyl (C=O) groups excluding carboxylic acids is 1. The number of nitrogens with zero attached hydrogens (tertiary/aromatic N) is 4. The van der Waals surface area contributed by atoms with Crippen LogP contribution >= 0.6 is 15.9 Å². The number of anilines is 1. The fraction of sp³-hybridized carbons (Fsp3) is 0.462. The highest BCUT2D eigenvalue weighted by atomic mass is 79.9. The highest BCUT2D eigenvalue weighted by Crippen LogP contribution is 2.64. The molecule has 10 heteroatoms. The molecule has 9 nitrogen and oxygen atoms in total. The van der Waals surface area contributed by atoms with Gasteiger partial charge >= 0.3 is 0 Å². The predicted molar refractivity (Wildman–Crippen MR) is 135 cm³/mol. The number of hydrogen-bond donors (Lipinski definition) is 3. The van der Waals surface area contributed by atoms with Gasteiger partial charge in [-0.2, -0.15) is 10.5 Å². The van der Waals surface area contributed by atoms with Crippen LogP contribution < -0.4 is 11.1 Å². The molecule has 4 aliphatic heterocycles. The summed E-state index contributed by atoms with van der Waals surface area (Å²) in [5.41, 5.74) is 6.35. The molecule has 4 N–H and O–H groups in total. The average molecular weight is 548 g/mol. The number of nitrogens with one attached hydrogen (secondary N) is 2. The lowest BCUT2D eigenvalue weighted by Gasteiger charge is -2.58. The van der Waals surface area contributed by atoms with Gasteiger partial charge in [0.05, 0.1) is 29.3 Å². The Morgan fingerprint density at radius 3 is 2.58 bits per heavy atom. The van der Waals surface area contributed by atoms with Gasteiger partial charge in [0.1, 0.15) is 0 Å². The Bertz CT molecular complexity index is 1380. The maximum atomic E-state index is 13.7. The van der Waals surface area contributed by atoms with Gasteiger partial charge in [-0.1, -0.05) is 15.9 Å². The SMILES string of the molecule is CN1CCC2(CC1)C1=C3C(=C(N)C2(C#N)C#N)C(=N)O[C@@]2(C(=O)Nc4ccc(Br)cc42)[C@@H]3CN(C)C1. The van der Waals surface area contributed by atoms with E-state index in [1.165, 1.54) is 0 Å².